The van der Waals surface area contributed by atoms with E-state index in [0.29, 0.717) is 6.54 Å². The van der Waals surface area contributed by atoms with Gasteiger partial charge >= 0.3 is 0 Å². The molecular weight excluding hydrogens is 260 g/mol. The van der Waals surface area contributed by atoms with Crippen molar-refractivity contribution < 1.29 is 4.79 Å². The summed E-state index contributed by atoms with van der Waals surface area (Å²) in [6.45, 7) is 2.76. The lowest BCUT2D eigenvalue weighted by Crippen LogP contribution is -2.43. The lowest BCUT2D eigenvalue weighted by atomic mass is 10.1. The molecule has 5 nitrogen and oxygen atoms in total. The Balaban J connectivity index is 2.03. The van der Waals surface area contributed by atoms with Gasteiger partial charge in [0.25, 0.3) is 5.91 Å². The van der Waals surface area contributed by atoms with Gasteiger partial charge in [-0.2, -0.15) is 0 Å². The second kappa shape index (κ2) is 4.97. The van der Waals surface area contributed by atoms with Crippen LogP contribution in [0.25, 0.3) is 0 Å². The molecule has 1 aromatic heterocycles. The largest absolute Gasteiger partial charge is 0.359 e. The van der Waals surface area contributed by atoms with Crippen LogP contribution in [0.2, 0.25) is 0 Å². The Labute approximate surface area is 115 Å². The van der Waals surface area contributed by atoms with Crippen LogP contribution in [0.5, 0.6) is 0 Å². The Morgan fingerprint density at radius 3 is 3.00 bits per heavy atom. The molecule has 3 rings (SSSR count). The fraction of sp³-hybridized carbons (Fsp3) is 0.308. The number of anilines is 1. The summed E-state index contributed by atoms with van der Waals surface area (Å²) in [6.07, 6.45) is 0.685. The van der Waals surface area contributed by atoms with Crippen molar-refractivity contribution in [2.75, 3.05) is 11.9 Å². The molecule has 0 spiro atoms. The molecule has 1 N–H and O–H groups in total. The van der Waals surface area contributed by atoms with Crippen LogP contribution in [0.15, 0.2) is 29.6 Å². The lowest BCUT2D eigenvalue weighted by molar-refractivity contribution is 0.0680. The Morgan fingerprint density at radius 1 is 1.42 bits per heavy atom. The van der Waals surface area contributed by atoms with E-state index in [0.717, 1.165) is 23.4 Å². The number of carbonyl (C=O) groups excluding carboxylic acids is 1. The number of benzene rings is 1. The Hall–Kier alpha value is -1.95. The van der Waals surface area contributed by atoms with E-state index in [1.54, 1.807) is 0 Å². The molecule has 19 heavy (non-hydrogen) atoms. The third-order valence-electron chi connectivity index (χ3n) is 3.14. The standard InChI is InChI=1S/C13H14N4OS/c1-2-7-17-12(11-8-19-16-15-11)14-10-6-4-3-5-9(10)13(17)18/h3-6,8,12,14H,2,7H2,1H3/t12-/m0/s1. The second-order valence-corrected chi connectivity index (χ2v) is 5.03. The average molecular weight is 274 g/mol. The molecule has 2 heterocycles. The molecule has 1 aliphatic rings. The fourth-order valence-electron chi connectivity index (χ4n) is 2.29. The zero-order valence-corrected chi connectivity index (χ0v) is 11.4. The number of carbonyl (C=O) groups is 1. The first-order valence-corrected chi connectivity index (χ1v) is 7.08. The van der Waals surface area contributed by atoms with Crippen molar-refractivity contribution >= 4 is 23.1 Å². The molecule has 1 aromatic carbocycles. The first-order valence-electron chi connectivity index (χ1n) is 6.24. The molecule has 98 valence electrons. The minimum Gasteiger partial charge on any atom is -0.359 e. The van der Waals surface area contributed by atoms with Gasteiger partial charge in [-0.05, 0) is 30.1 Å². The fourth-order valence-corrected chi connectivity index (χ4v) is 2.76. The predicted octanol–water partition coefficient (Wildman–Crippen LogP) is 2.51. The molecule has 1 atom stereocenters. The van der Waals surface area contributed by atoms with E-state index in [1.807, 2.05) is 34.5 Å². The van der Waals surface area contributed by atoms with E-state index < -0.39 is 0 Å². The summed E-state index contributed by atoms with van der Waals surface area (Å²) in [6, 6.07) is 7.57. The van der Waals surface area contributed by atoms with Crippen molar-refractivity contribution in [1.29, 1.82) is 0 Å². The summed E-state index contributed by atoms with van der Waals surface area (Å²) in [7, 11) is 0. The SMILES string of the molecule is CCCN1C(=O)c2ccccc2N[C@@H]1c1csnn1. The van der Waals surface area contributed by atoms with Crippen LogP contribution in [-0.2, 0) is 0 Å². The number of nitrogens with zero attached hydrogens (tertiary/aromatic N) is 3. The third kappa shape index (κ3) is 2.08. The van der Waals surface area contributed by atoms with Crippen LogP contribution < -0.4 is 5.32 Å². The van der Waals surface area contributed by atoms with Crippen molar-refractivity contribution in [2.24, 2.45) is 0 Å². The van der Waals surface area contributed by atoms with E-state index >= 15 is 0 Å². The van der Waals surface area contributed by atoms with Crippen LogP contribution in [-0.4, -0.2) is 26.9 Å². The van der Waals surface area contributed by atoms with Gasteiger partial charge in [0.05, 0.1) is 5.56 Å². The number of amides is 1. The monoisotopic (exact) mass is 274 g/mol. The van der Waals surface area contributed by atoms with Crippen LogP contribution in [0.3, 0.4) is 0 Å². The molecule has 1 aliphatic heterocycles. The molecule has 0 radical (unpaired) electrons. The van der Waals surface area contributed by atoms with E-state index in [9.17, 15) is 4.79 Å². The normalized spacial score (nSPS) is 18.1. The summed E-state index contributed by atoms with van der Waals surface area (Å²) in [5.41, 5.74) is 2.37. The molecule has 2 aromatic rings. The van der Waals surface area contributed by atoms with Gasteiger partial charge < -0.3 is 10.2 Å². The van der Waals surface area contributed by atoms with Gasteiger partial charge in [-0.15, -0.1) is 5.10 Å². The molecule has 0 unspecified atom stereocenters. The quantitative estimate of drug-likeness (QED) is 0.934. The Morgan fingerprint density at radius 2 is 2.26 bits per heavy atom. The lowest BCUT2D eigenvalue weighted by Gasteiger charge is -2.36. The molecular formula is C13H14N4OS. The molecule has 0 saturated carbocycles. The van der Waals surface area contributed by atoms with Gasteiger partial charge in [-0.3, -0.25) is 4.79 Å². The van der Waals surface area contributed by atoms with Crippen molar-refractivity contribution in [3.8, 4) is 0 Å². The summed E-state index contributed by atoms with van der Waals surface area (Å²) >= 11 is 1.30. The minimum absolute atomic E-state index is 0.0502. The highest BCUT2D eigenvalue weighted by Crippen LogP contribution is 2.32. The van der Waals surface area contributed by atoms with Gasteiger partial charge in [0.1, 0.15) is 11.9 Å². The third-order valence-corrected chi connectivity index (χ3v) is 3.67. The summed E-state index contributed by atoms with van der Waals surface area (Å²) in [5.74, 6) is 0.0502. The maximum absolute atomic E-state index is 12.6. The maximum Gasteiger partial charge on any atom is 0.257 e. The first kappa shape index (κ1) is 12.1. The average Bonchev–Trinajstić information content (AvgIpc) is 2.96. The summed E-state index contributed by atoms with van der Waals surface area (Å²) in [5, 5.41) is 9.34. The molecule has 0 fully saturated rings. The Kier molecular flexibility index (Phi) is 3.16. The van der Waals surface area contributed by atoms with Crippen LogP contribution >= 0.6 is 11.5 Å². The van der Waals surface area contributed by atoms with Gasteiger partial charge in [-0.1, -0.05) is 23.5 Å². The van der Waals surface area contributed by atoms with E-state index in [1.165, 1.54) is 11.5 Å². The van der Waals surface area contributed by atoms with Gasteiger partial charge in [-0.25, -0.2) is 0 Å². The highest BCUT2D eigenvalue weighted by atomic mass is 32.1. The zero-order chi connectivity index (χ0) is 13.2. The predicted molar refractivity (Wildman–Crippen MR) is 74.0 cm³/mol. The van der Waals surface area contributed by atoms with Gasteiger partial charge in [0.2, 0.25) is 0 Å². The summed E-state index contributed by atoms with van der Waals surface area (Å²) in [4.78, 5) is 14.4. The second-order valence-electron chi connectivity index (χ2n) is 4.42. The molecule has 6 heteroatoms. The van der Waals surface area contributed by atoms with Crippen molar-refractivity contribution in [3.63, 3.8) is 0 Å². The van der Waals surface area contributed by atoms with Gasteiger partial charge in [0.15, 0.2) is 0 Å². The van der Waals surface area contributed by atoms with E-state index in [4.69, 9.17) is 0 Å². The van der Waals surface area contributed by atoms with Crippen molar-refractivity contribution in [1.82, 2.24) is 14.5 Å². The zero-order valence-electron chi connectivity index (χ0n) is 10.5. The number of para-hydroxylation sites is 1. The maximum atomic E-state index is 12.6. The smallest absolute Gasteiger partial charge is 0.257 e. The van der Waals surface area contributed by atoms with E-state index in [-0.39, 0.29) is 12.1 Å². The number of hydrogen-bond acceptors (Lipinski definition) is 5. The highest BCUT2D eigenvalue weighted by molar-refractivity contribution is 7.03. The van der Waals surface area contributed by atoms with Crippen molar-refractivity contribution in [2.45, 2.75) is 19.5 Å². The number of aromatic nitrogens is 2. The van der Waals surface area contributed by atoms with Crippen LogP contribution in [0.4, 0.5) is 5.69 Å². The van der Waals surface area contributed by atoms with Gasteiger partial charge in [0, 0.05) is 17.6 Å². The van der Waals surface area contributed by atoms with Crippen LogP contribution in [0.1, 0.15) is 35.6 Å². The summed E-state index contributed by atoms with van der Waals surface area (Å²) < 4.78 is 3.89. The topological polar surface area (TPSA) is 58.1 Å². The minimum atomic E-state index is -0.221. The highest BCUT2D eigenvalue weighted by Gasteiger charge is 2.33. The first-order chi connectivity index (χ1) is 9.31. The number of fused-ring (bicyclic) bond motifs is 1. The molecule has 0 aliphatic carbocycles. The number of hydrogen-bond donors (Lipinski definition) is 1. The number of rotatable bonds is 3. The van der Waals surface area contributed by atoms with Crippen molar-refractivity contribution in [3.05, 3.63) is 40.9 Å². The molecule has 1 amide bonds. The van der Waals surface area contributed by atoms with E-state index in [2.05, 4.69) is 21.8 Å². The number of nitrogens with one attached hydrogen (secondary N) is 1. The molecule has 0 saturated heterocycles. The van der Waals surface area contributed by atoms with Crippen LogP contribution in [0, 0.1) is 0 Å². The molecule has 0 bridgehead atoms. The Bertz CT molecular complexity index is 584.